The molecule has 3 N–H and O–H groups in total. The topological polar surface area (TPSA) is 55.1 Å². The maximum atomic E-state index is 12.1. The molecular weight excluding hydrogens is 292 g/mol. The average Bonchev–Trinajstić information content (AvgIpc) is 2.26. The Hall–Kier alpha value is -1.03. The van der Waals surface area contributed by atoms with Crippen LogP contribution in [-0.2, 0) is 0 Å². The molecule has 0 aliphatic heterocycles. The molecule has 2 rings (SSSR count). The van der Waals surface area contributed by atoms with Gasteiger partial charge in [-0.1, -0.05) is 35.2 Å². The summed E-state index contributed by atoms with van der Waals surface area (Å²) >= 11 is 3.37. The van der Waals surface area contributed by atoms with Crippen molar-refractivity contribution in [2.45, 2.75) is 32.6 Å². The second kappa shape index (κ2) is 5.74. The van der Waals surface area contributed by atoms with Crippen molar-refractivity contribution in [2.75, 3.05) is 12.3 Å². The van der Waals surface area contributed by atoms with Gasteiger partial charge in [0.25, 0.3) is 5.91 Å². The lowest BCUT2D eigenvalue weighted by Crippen LogP contribution is -2.28. The Morgan fingerprint density at radius 2 is 2.22 bits per heavy atom. The van der Waals surface area contributed by atoms with Gasteiger partial charge < -0.3 is 11.1 Å². The summed E-state index contributed by atoms with van der Waals surface area (Å²) < 4.78 is 0.842. The number of carbonyl (C=O) groups is 1. The standard InChI is InChI=1S/C14H19BrN2O/c1-9-12(7-11(15)8-13(9)16)14(18)17-6-5-10-3-2-4-10/h7-8,10H,2-6,16H2,1H3,(H,17,18). The van der Waals surface area contributed by atoms with E-state index in [1.165, 1.54) is 19.3 Å². The van der Waals surface area contributed by atoms with Crippen LogP contribution in [-0.4, -0.2) is 12.5 Å². The molecule has 1 saturated carbocycles. The first-order chi connectivity index (χ1) is 8.58. The molecule has 3 nitrogen and oxygen atoms in total. The van der Waals surface area contributed by atoms with Gasteiger partial charge >= 0.3 is 0 Å². The molecule has 0 unspecified atom stereocenters. The highest BCUT2D eigenvalue weighted by molar-refractivity contribution is 9.10. The van der Waals surface area contributed by atoms with Crippen molar-refractivity contribution in [1.82, 2.24) is 5.32 Å². The van der Waals surface area contributed by atoms with Crippen molar-refractivity contribution in [3.8, 4) is 0 Å². The summed E-state index contributed by atoms with van der Waals surface area (Å²) in [5.74, 6) is 0.791. The second-order valence-electron chi connectivity index (χ2n) is 5.01. The van der Waals surface area contributed by atoms with E-state index in [1.807, 2.05) is 19.1 Å². The number of nitrogens with two attached hydrogens (primary N) is 1. The number of nitrogen functional groups attached to an aromatic ring is 1. The number of halogens is 1. The van der Waals surface area contributed by atoms with Crippen molar-refractivity contribution in [3.05, 3.63) is 27.7 Å². The number of amides is 1. The lowest BCUT2D eigenvalue weighted by molar-refractivity contribution is 0.0948. The Morgan fingerprint density at radius 1 is 1.50 bits per heavy atom. The predicted molar refractivity (Wildman–Crippen MR) is 77.6 cm³/mol. The highest BCUT2D eigenvalue weighted by atomic mass is 79.9. The number of carbonyl (C=O) groups excluding carboxylic acids is 1. The Kier molecular flexibility index (Phi) is 4.27. The third-order valence-electron chi connectivity index (χ3n) is 3.72. The third kappa shape index (κ3) is 3.05. The molecule has 98 valence electrons. The first-order valence-electron chi connectivity index (χ1n) is 6.41. The van der Waals surface area contributed by atoms with Crippen LogP contribution in [0.25, 0.3) is 0 Å². The van der Waals surface area contributed by atoms with Crippen LogP contribution in [0.2, 0.25) is 0 Å². The molecular formula is C14H19BrN2O. The Morgan fingerprint density at radius 3 is 2.83 bits per heavy atom. The normalized spacial score (nSPS) is 15.2. The monoisotopic (exact) mass is 310 g/mol. The number of nitrogens with one attached hydrogen (secondary N) is 1. The van der Waals surface area contributed by atoms with Crippen LogP contribution in [0, 0.1) is 12.8 Å². The average molecular weight is 311 g/mol. The molecule has 0 radical (unpaired) electrons. The highest BCUT2D eigenvalue weighted by Crippen LogP contribution is 2.28. The SMILES string of the molecule is Cc1c(N)cc(Br)cc1C(=O)NCCC1CCC1. The molecule has 1 fully saturated rings. The molecule has 1 aliphatic carbocycles. The number of hydrogen-bond acceptors (Lipinski definition) is 2. The third-order valence-corrected chi connectivity index (χ3v) is 4.18. The Bertz CT molecular complexity index is 455. The van der Waals surface area contributed by atoms with E-state index < -0.39 is 0 Å². The van der Waals surface area contributed by atoms with E-state index in [0.717, 1.165) is 28.9 Å². The summed E-state index contributed by atoms with van der Waals surface area (Å²) in [6, 6.07) is 3.64. The summed E-state index contributed by atoms with van der Waals surface area (Å²) in [7, 11) is 0. The maximum absolute atomic E-state index is 12.1. The van der Waals surface area contributed by atoms with Gasteiger partial charge in [0.1, 0.15) is 0 Å². The molecule has 18 heavy (non-hydrogen) atoms. The van der Waals surface area contributed by atoms with Crippen molar-refractivity contribution in [1.29, 1.82) is 0 Å². The molecule has 0 spiro atoms. The number of benzene rings is 1. The van der Waals surface area contributed by atoms with E-state index in [9.17, 15) is 4.79 Å². The number of anilines is 1. The Balaban J connectivity index is 1.95. The fraction of sp³-hybridized carbons (Fsp3) is 0.500. The molecule has 0 aromatic heterocycles. The lowest BCUT2D eigenvalue weighted by Gasteiger charge is -2.25. The summed E-state index contributed by atoms with van der Waals surface area (Å²) in [5.41, 5.74) is 8.01. The summed E-state index contributed by atoms with van der Waals surface area (Å²) in [6.45, 7) is 2.64. The van der Waals surface area contributed by atoms with Crippen molar-refractivity contribution < 1.29 is 4.79 Å². The number of hydrogen-bond donors (Lipinski definition) is 2. The van der Waals surface area contributed by atoms with E-state index in [0.29, 0.717) is 11.3 Å². The summed E-state index contributed by atoms with van der Waals surface area (Å²) in [5, 5.41) is 2.98. The first kappa shape index (κ1) is 13.4. The molecule has 1 aromatic rings. The van der Waals surface area contributed by atoms with Gasteiger partial charge in [0.05, 0.1) is 0 Å². The van der Waals surface area contributed by atoms with Gasteiger partial charge in [-0.05, 0) is 37.0 Å². The molecule has 0 atom stereocenters. The summed E-state index contributed by atoms with van der Waals surface area (Å²) in [4.78, 5) is 12.1. The minimum atomic E-state index is -0.0279. The van der Waals surface area contributed by atoms with Gasteiger partial charge in [-0.3, -0.25) is 4.79 Å². The van der Waals surface area contributed by atoms with Crippen molar-refractivity contribution in [3.63, 3.8) is 0 Å². The van der Waals surface area contributed by atoms with Gasteiger partial charge in [-0.2, -0.15) is 0 Å². The van der Waals surface area contributed by atoms with Crippen LogP contribution in [0.4, 0.5) is 5.69 Å². The van der Waals surface area contributed by atoms with Crippen LogP contribution in [0.3, 0.4) is 0 Å². The molecule has 1 amide bonds. The zero-order chi connectivity index (χ0) is 13.1. The summed E-state index contributed by atoms with van der Waals surface area (Å²) in [6.07, 6.45) is 5.08. The van der Waals surface area contributed by atoms with Crippen LogP contribution < -0.4 is 11.1 Å². The minimum Gasteiger partial charge on any atom is -0.398 e. The highest BCUT2D eigenvalue weighted by Gasteiger charge is 2.17. The largest absolute Gasteiger partial charge is 0.398 e. The fourth-order valence-corrected chi connectivity index (χ4v) is 2.68. The van der Waals surface area contributed by atoms with E-state index in [1.54, 1.807) is 0 Å². The smallest absolute Gasteiger partial charge is 0.251 e. The Labute approximate surface area is 116 Å². The van der Waals surface area contributed by atoms with Crippen LogP contribution >= 0.6 is 15.9 Å². The quantitative estimate of drug-likeness (QED) is 0.839. The van der Waals surface area contributed by atoms with E-state index in [2.05, 4.69) is 21.2 Å². The zero-order valence-corrected chi connectivity index (χ0v) is 12.2. The van der Waals surface area contributed by atoms with Gasteiger partial charge in [-0.15, -0.1) is 0 Å². The van der Waals surface area contributed by atoms with Crippen molar-refractivity contribution >= 4 is 27.5 Å². The first-order valence-corrected chi connectivity index (χ1v) is 7.21. The second-order valence-corrected chi connectivity index (χ2v) is 5.92. The lowest BCUT2D eigenvalue weighted by atomic mass is 9.83. The van der Waals surface area contributed by atoms with Crippen LogP contribution in [0.1, 0.15) is 41.6 Å². The predicted octanol–water partition coefficient (Wildman–Crippen LogP) is 3.26. The van der Waals surface area contributed by atoms with Crippen LogP contribution in [0.15, 0.2) is 16.6 Å². The fourth-order valence-electron chi connectivity index (χ4n) is 2.20. The van der Waals surface area contributed by atoms with Gasteiger partial charge in [-0.25, -0.2) is 0 Å². The van der Waals surface area contributed by atoms with Crippen molar-refractivity contribution in [2.24, 2.45) is 5.92 Å². The zero-order valence-electron chi connectivity index (χ0n) is 10.6. The van der Waals surface area contributed by atoms with E-state index in [4.69, 9.17) is 5.73 Å². The van der Waals surface area contributed by atoms with Gasteiger partial charge in [0.2, 0.25) is 0 Å². The molecule has 1 aliphatic rings. The molecule has 0 bridgehead atoms. The van der Waals surface area contributed by atoms with Gasteiger partial charge in [0.15, 0.2) is 0 Å². The maximum Gasteiger partial charge on any atom is 0.251 e. The molecule has 0 saturated heterocycles. The molecule has 1 aromatic carbocycles. The molecule has 4 heteroatoms. The minimum absolute atomic E-state index is 0.0279. The molecule has 0 heterocycles. The van der Waals surface area contributed by atoms with E-state index >= 15 is 0 Å². The van der Waals surface area contributed by atoms with E-state index in [-0.39, 0.29) is 5.91 Å². The number of rotatable bonds is 4. The van der Waals surface area contributed by atoms with Crippen LogP contribution in [0.5, 0.6) is 0 Å². The van der Waals surface area contributed by atoms with Gasteiger partial charge in [0, 0.05) is 22.3 Å².